The van der Waals surface area contributed by atoms with Crippen molar-refractivity contribution in [1.82, 2.24) is 0 Å². The van der Waals surface area contributed by atoms with Crippen molar-refractivity contribution in [2.45, 2.75) is 12.5 Å². The van der Waals surface area contributed by atoms with E-state index in [2.05, 4.69) is 15.9 Å². The van der Waals surface area contributed by atoms with Gasteiger partial charge in [-0.2, -0.15) is 0 Å². The van der Waals surface area contributed by atoms with Crippen LogP contribution in [0.25, 0.3) is 0 Å². The van der Waals surface area contributed by atoms with Crippen LogP contribution in [-0.2, 0) is 6.42 Å². The molecular weight excluding hydrogens is 334 g/mol. The molecule has 1 aromatic carbocycles. The minimum Gasteiger partial charge on any atom is -0.496 e. The summed E-state index contributed by atoms with van der Waals surface area (Å²) in [7, 11) is 1.65. The van der Waals surface area contributed by atoms with Gasteiger partial charge in [0.15, 0.2) is 0 Å². The van der Waals surface area contributed by atoms with Gasteiger partial charge in [-0.15, -0.1) is 11.3 Å². The maximum atomic E-state index is 6.17. The van der Waals surface area contributed by atoms with Crippen LogP contribution in [0.15, 0.2) is 34.8 Å². The lowest BCUT2D eigenvalue weighted by molar-refractivity contribution is 0.412. The fourth-order valence-electron chi connectivity index (χ4n) is 1.72. The predicted molar refractivity (Wildman–Crippen MR) is 80.7 cm³/mol. The molecule has 2 aromatic rings. The summed E-state index contributed by atoms with van der Waals surface area (Å²) in [6.45, 7) is 0. The molecule has 1 unspecified atom stereocenters. The molecule has 1 heterocycles. The third kappa shape index (κ3) is 3.26. The Balaban J connectivity index is 2.12. The van der Waals surface area contributed by atoms with Gasteiger partial charge in [-0.25, -0.2) is 0 Å². The van der Waals surface area contributed by atoms with Crippen LogP contribution in [0.3, 0.4) is 0 Å². The fourth-order valence-corrected chi connectivity index (χ4v) is 3.37. The van der Waals surface area contributed by atoms with Gasteiger partial charge in [0.2, 0.25) is 0 Å². The molecule has 5 heteroatoms. The van der Waals surface area contributed by atoms with E-state index in [0.29, 0.717) is 0 Å². The molecule has 0 bridgehead atoms. The molecule has 1 atom stereocenters. The second kappa shape index (κ2) is 6.06. The highest BCUT2D eigenvalue weighted by atomic mass is 79.9. The molecule has 2 N–H and O–H groups in total. The zero-order chi connectivity index (χ0) is 13.1. The molecule has 0 amide bonds. The molecule has 18 heavy (non-hydrogen) atoms. The first-order valence-electron chi connectivity index (χ1n) is 5.43. The van der Waals surface area contributed by atoms with Crippen molar-refractivity contribution in [3.8, 4) is 5.75 Å². The van der Waals surface area contributed by atoms with Gasteiger partial charge in [-0.1, -0.05) is 17.7 Å². The first-order chi connectivity index (χ1) is 8.60. The largest absolute Gasteiger partial charge is 0.496 e. The lowest BCUT2D eigenvalue weighted by atomic mass is 10.1. The Bertz CT molecular complexity index is 544. The maximum Gasteiger partial charge on any atom is 0.133 e. The first kappa shape index (κ1) is 13.9. The van der Waals surface area contributed by atoms with Gasteiger partial charge in [0.1, 0.15) is 5.75 Å². The molecule has 0 fully saturated rings. The van der Waals surface area contributed by atoms with Crippen LogP contribution in [0.2, 0.25) is 4.34 Å². The minimum absolute atomic E-state index is 0.0252. The Morgan fingerprint density at radius 3 is 2.72 bits per heavy atom. The SMILES string of the molecule is COc1ccc(CC(N)c2ccc(Cl)s2)cc1Br. The highest BCUT2D eigenvalue weighted by Gasteiger charge is 2.11. The average molecular weight is 347 g/mol. The van der Waals surface area contributed by atoms with Crippen molar-refractivity contribution in [3.05, 3.63) is 49.6 Å². The zero-order valence-corrected chi connectivity index (χ0v) is 13.0. The van der Waals surface area contributed by atoms with Crippen LogP contribution in [-0.4, -0.2) is 7.11 Å². The van der Waals surface area contributed by atoms with Crippen molar-refractivity contribution in [3.63, 3.8) is 0 Å². The molecule has 0 aliphatic heterocycles. The lowest BCUT2D eigenvalue weighted by Gasteiger charge is -2.11. The molecule has 0 saturated heterocycles. The average Bonchev–Trinajstić information content (AvgIpc) is 2.76. The fraction of sp³-hybridized carbons (Fsp3) is 0.231. The van der Waals surface area contributed by atoms with Crippen molar-refractivity contribution in [1.29, 1.82) is 0 Å². The monoisotopic (exact) mass is 345 g/mol. The molecule has 2 nitrogen and oxygen atoms in total. The van der Waals surface area contributed by atoms with Crippen LogP contribution in [0.1, 0.15) is 16.5 Å². The summed E-state index contributed by atoms with van der Waals surface area (Å²) in [5, 5.41) is 0. The normalized spacial score (nSPS) is 12.4. The number of methoxy groups -OCH3 is 1. The van der Waals surface area contributed by atoms with E-state index in [1.165, 1.54) is 16.9 Å². The first-order valence-corrected chi connectivity index (χ1v) is 7.42. The van der Waals surface area contributed by atoms with E-state index < -0.39 is 0 Å². The molecule has 2 rings (SSSR count). The summed E-state index contributed by atoms with van der Waals surface area (Å²) in [6.07, 6.45) is 0.777. The van der Waals surface area contributed by atoms with Gasteiger partial charge in [0.25, 0.3) is 0 Å². The smallest absolute Gasteiger partial charge is 0.133 e. The molecule has 96 valence electrons. The lowest BCUT2D eigenvalue weighted by Crippen LogP contribution is -2.11. The third-order valence-electron chi connectivity index (χ3n) is 2.63. The van der Waals surface area contributed by atoms with Gasteiger partial charge in [0, 0.05) is 10.9 Å². The quantitative estimate of drug-likeness (QED) is 0.889. The summed E-state index contributed by atoms with van der Waals surface area (Å²) < 4.78 is 6.92. The second-order valence-electron chi connectivity index (χ2n) is 3.92. The van der Waals surface area contributed by atoms with Gasteiger partial charge in [-0.3, -0.25) is 0 Å². The van der Waals surface area contributed by atoms with E-state index in [4.69, 9.17) is 22.1 Å². The summed E-state index contributed by atoms with van der Waals surface area (Å²) >= 11 is 10.9. The number of ether oxygens (including phenoxy) is 1. The minimum atomic E-state index is -0.0252. The van der Waals surface area contributed by atoms with Gasteiger partial charge >= 0.3 is 0 Å². The Labute approximate surface area is 124 Å². The van der Waals surface area contributed by atoms with E-state index in [9.17, 15) is 0 Å². The summed E-state index contributed by atoms with van der Waals surface area (Å²) in [6, 6.07) is 9.84. The Morgan fingerprint density at radius 2 is 2.17 bits per heavy atom. The Kier molecular flexibility index (Phi) is 4.67. The molecule has 1 aromatic heterocycles. The van der Waals surface area contributed by atoms with E-state index in [0.717, 1.165) is 25.9 Å². The summed E-state index contributed by atoms with van der Waals surface area (Å²) in [4.78, 5) is 1.10. The standard InChI is InChI=1S/C13H13BrClNOS/c1-17-11-3-2-8(6-9(11)14)7-10(16)12-4-5-13(15)18-12/h2-6,10H,7,16H2,1H3. The number of benzene rings is 1. The van der Waals surface area contributed by atoms with Crippen molar-refractivity contribution >= 4 is 38.9 Å². The third-order valence-corrected chi connectivity index (χ3v) is 4.61. The van der Waals surface area contributed by atoms with Crippen molar-refractivity contribution in [2.75, 3.05) is 7.11 Å². The Hall–Kier alpha value is -0.550. The van der Waals surface area contributed by atoms with Gasteiger partial charge < -0.3 is 10.5 Å². The number of halogens is 2. The van der Waals surface area contributed by atoms with Crippen LogP contribution in [0, 0.1) is 0 Å². The predicted octanol–water partition coefficient (Wildman–Crippen LogP) is 4.42. The molecular formula is C13H13BrClNOS. The summed E-state index contributed by atoms with van der Waals surface area (Å²) in [5.41, 5.74) is 7.33. The highest BCUT2D eigenvalue weighted by molar-refractivity contribution is 9.10. The number of nitrogens with two attached hydrogens (primary N) is 1. The van der Waals surface area contributed by atoms with Crippen LogP contribution >= 0.6 is 38.9 Å². The maximum absolute atomic E-state index is 6.17. The van der Waals surface area contributed by atoms with Crippen LogP contribution in [0.4, 0.5) is 0 Å². The molecule has 0 spiro atoms. The van der Waals surface area contributed by atoms with Gasteiger partial charge in [-0.05, 0) is 52.2 Å². The van der Waals surface area contributed by atoms with Crippen molar-refractivity contribution in [2.24, 2.45) is 5.73 Å². The molecule has 0 radical (unpaired) electrons. The second-order valence-corrected chi connectivity index (χ2v) is 6.52. The van der Waals surface area contributed by atoms with Crippen LogP contribution < -0.4 is 10.5 Å². The number of hydrogen-bond donors (Lipinski definition) is 1. The van der Waals surface area contributed by atoms with E-state index >= 15 is 0 Å². The summed E-state index contributed by atoms with van der Waals surface area (Å²) in [5.74, 6) is 0.825. The number of thiophene rings is 1. The zero-order valence-electron chi connectivity index (χ0n) is 9.82. The van der Waals surface area contributed by atoms with E-state index in [-0.39, 0.29) is 6.04 Å². The molecule has 0 saturated carbocycles. The van der Waals surface area contributed by atoms with Crippen molar-refractivity contribution < 1.29 is 4.74 Å². The van der Waals surface area contributed by atoms with Gasteiger partial charge in [0.05, 0.1) is 15.9 Å². The van der Waals surface area contributed by atoms with Crippen LogP contribution in [0.5, 0.6) is 5.75 Å². The topological polar surface area (TPSA) is 35.2 Å². The number of rotatable bonds is 4. The van der Waals surface area contributed by atoms with E-state index in [1.54, 1.807) is 7.11 Å². The molecule has 0 aliphatic rings. The molecule has 0 aliphatic carbocycles. The van der Waals surface area contributed by atoms with E-state index in [1.807, 2.05) is 30.3 Å². The Morgan fingerprint density at radius 1 is 1.39 bits per heavy atom. The number of hydrogen-bond acceptors (Lipinski definition) is 3. The highest BCUT2D eigenvalue weighted by Crippen LogP contribution is 2.30.